The van der Waals surface area contributed by atoms with E-state index in [1.54, 1.807) is 42.5 Å². The lowest BCUT2D eigenvalue weighted by molar-refractivity contribution is -0.139. The molecule has 7 heteroatoms. The van der Waals surface area contributed by atoms with Gasteiger partial charge in [-0.25, -0.2) is 0 Å². The summed E-state index contributed by atoms with van der Waals surface area (Å²) < 4.78 is 16.5. The van der Waals surface area contributed by atoms with Crippen LogP contribution < -0.4 is 14.2 Å². The predicted octanol–water partition coefficient (Wildman–Crippen LogP) is 4.57. The van der Waals surface area contributed by atoms with Crippen LogP contribution in [0.4, 0.5) is 0 Å². The lowest BCUT2D eigenvalue weighted by Crippen LogP contribution is -2.30. The zero-order chi connectivity index (χ0) is 24.1. The third-order valence-corrected chi connectivity index (χ3v) is 5.42. The maximum absolute atomic E-state index is 13.1. The molecule has 0 aromatic heterocycles. The predicted molar refractivity (Wildman–Crippen MR) is 126 cm³/mol. The van der Waals surface area contributed by atoms with Gasteiger partial charge in [0, 0.05) is 12.1 Å². The number of carbonyl (C=O) groups excluding carboxylic acids is 2. The van der Waals surface area contributed by atoms with Gasteiger partial charge in [-0.3, -0.25) is 9.59 Å². The monoisotopic (exact) mass is 453 g/mol. The van der Waals surface area contributed by atoms with Gasteiger partial charge in [0.1, 0.15) is 11.5 Å². The van der Waals surface area contributed by atoms with Crippen LogP contribution in [0.3, 0.4) is 0 Å². The first-order chi connectivity index (χ1) is 15.8. The Hall–Kier alpha value is -3.48. The van der Waals surface area contributed by atoms with E-state index in [1.165, 1.54) is 19.1 Å². The van der Waals surface area contributed by atoms with Gasteiger partial charge in [0.25, 0.3) is 11.7 Å². The Kier molecular flexibility index (Phi) is 7.63. The number of aliphatic hydroxyl groups is 1. The smallest absolute Gasteiger partial charge is 0.295 e. The summed E-state index contributed by atoms with van der Waals surface area (Å²) in [6.07, 6.45) is 0.662. The SMILES string of the molecule is CCCN1C(=O)C(=O)/C(=C(\O)c2cccc(OCC(C)C)c2)C1c1ccc(OC)c(OC)c1. The Morgan fingerprint density at radius 3 is 2.42 bits per heavy atom. The van der Waals surface area contributed by atoms with Crippen LogP contribution in [-0.4, -0.2) is 49.1 Å². The highest BCUT2D eigenvalue weighted by molar-refractivity contribution is 6.46. The molecule has 1 saturated heterocycles. The molecule has 7 nitrogen and oxygen atoms in total. The van der Waals surface area contributed by atoms with E-state index >= 15 is 0 Å². The van der Waals surface area contributed by atoms with Crippen molar-refractivity contribution in [2.45, 2.75) is 33.2 Å². The Morgan fingerprint density at radius 1 is 1.06 bits per heavy atom. The number of carbonyl (C=O) groups is 2. The molecule has 0 spiro atoms. The van der Waals surface area contributed by atoms with Gasteiger partial charge in [-0.2, -0.15) is 0 Å². The number of ether oxygens (including phenoxy) is 3. The molecule has 0 bridgehead atoms. The first-order valence-corrected chi connectivity index (χ1v) is 11.1. The number of aliphatic hydroxyl groups excluding tert-OH is 1. The Labute approximate surface area is 194 Å². The second-order valence-corrected chi connectivity index (χ2v) is 8.34. The summed E-state index contributed by atoms with van der Waals surface area (Å²) in [6.45, 7) is 6.92. The van der Waals surface area contributed by atoms with Crippen LogP contribution in [0.1, 0.15) is 44.4 Å². The number of methoxy groups -OCH3 is 2. The molecule has 1 aliphatic heterocycles. The lowest BCUT2D eigenvalue weighted by atomic mass is 9.95. The van der Waals surface area contributed by atoms with Crippen molar-refractivity contribution in [3.8, 4) is 17.2 Å². The second kappa shape index (κ2) is 10.4. The van der Waals surface area contributed by atoms with E-state index in [4.69, 9.17) is 14.2 Å². The number of nitrogens with zero attached hydrogens (tertiary/aromatic N) is 1. The average Bonchev–Trinajstić information content (AvgIpc) is 3.07. The van der Waals surface area contributed by atoms with E-state index in [2.05, 4.69) is 0 Å². The van der Waals surface area contributed by atoms with Crippen LogP contribution in [0.25, 0.3) is 5.76 Å². The van der Waals surface area contributed by atoms with Crippen molar-refractivity contribution >= 4 is 17.4 Å². The number of ketones is 1. The van der Waals surface area contributed by atoms with E-state index in [0.717, 1.165) is 0 Å². The van der Waals surface area contributed by atoms with Crippen LogP contribution >= 0.6 is 0 Å². The molecule has 1 fully saturated rings. The fourth-order valence-electron chi connectivity index (χ4n) is 3.87. The maximum Gasteiger partial charge on any atom is 0.295 e. The van der Waals surface area contributed by atoms with E-state index < -0.39 is 17.7 Å². The number of likely N-dealkylation sites (tertiary alicyclic amines) is 1. The van der Waals surface area contributed by atoms with Gasteiger partial charge in [0.05, 0.1) is 32.4 Å². The Morgan fingerprint density at radius 2 is 1.79 bits per heavy atom. The van der Waals surface area contributed by atoms with Crippen LogP contribution in [-0.2, 0) is 9.59 Å². The van der Waals surface area contributed by atoms with Crippen LogP contribution in [0.5, 0.6) is 17.2 Å². The highest BCUT2D eigenvalue weighted by atomic mass is 16.5. The molecule has 2 aromatic rings. The zero-order valence-electron chi connectivity index (χ0n) is 19.8. The normalized spacial score (nSPS) is 17.5. The molecule has 1 unspecified atom stereocenters. The number of benzene rings is 2. The molecule has 0 radical (unpaired) electrons. The Balaban J connectivity index is 2.13. The minimum atomic E-state index is -0.745. The summed E-state index contributed by atoms with van der Waals surface area (Å²) in [5.74, 6) is 0.344. The summed E-state index contributed by atoms with van der Waals surface area (Å²) in [6, 6.07) is 11.4. The third-order valence-electron chi connectivity index (χ3n) is 5.42. The summed E-state index contributed by atoms with van der Waals surface area (Å²) in [5.41, 5.74) is 1.10. The highest BCUT2D eigenvalue weighted by Gasteiger charge is 2.45. The number of Topliss-reactive ketones (excluding diaryl/α,β-unsaturated/α-hetero) is 1. The van der Waals surface area contributed by atoms with Crippen LogP contribution in [0.15, 0.2) is 48.0 Å². The largest absolute Gasteiger partial charge is 0.507 e. The lowest BCUT2D eigenvalue weighted by Gasteiger charge is -2.25. The zero-order valence-corrected chi connectivity index (χ0v) is 19.8. The fourth-order valence-corrected chi connectivity index (χ4v) is 3.87. The standard InChI is InChI=1S/C26H31NO6/c1-6-12-27-23(17-10-11-20(31-4)21(14-17)32-5)22(25(29)26(27)30)24(28)18-8-7-9-19(13-18)33-15-16(2)3/h7-11,13-14,16,23,28H,6,12,15H2,1-5H3/b24-22-. The molecular weight excluding hydrogens is 422 g/mol. The molecule has 1 heterocycles. The summed E-state index contributed by atoms with van der Waals surface area (Å²) in [4.78, 5) is 27.5. The first-order valence-electron chi connectivity index (χ1n) is 11.1. The van der Waals surface area contributed by atoms with Gasteiger partial charge in [-0.05, 0) is 42.2 Å². The van der Waals surface area contributed by atoms with Crippen molar-refractivity contribution in [3.05, 3.63) is 59.2 Å². The molecule has 176 valence electrons. The molecule has 33 heavy (non-hydrogen) atoms. The van der Waals surface area contributed by atoms with Crippen molar-refractivity contribution in [2.75, 3.05) is 27.4 Å². The second-order valence-electron chi connectivity index (χ2n) is 8.34. The van der Waals surface area contributed by atoms with Crippen molar-refractivity contribution < 1.29 is 28.9 Å². The number of hydrogen-bond donors (Lipinski definition) is 1. The van der Waals surface area contributed by atoms with Crippen LogP contribution in [0.2, 0.25) is 0 Å². The third kappa shape index (κ3) is 4.97. The van der Waals surface area contributed by atoms with E-state index in [-0.39, 0.29) is 11.3 Å². The van der Waals surface area contributed by atoms with E-state index in [0.29, 0.717) is 53.9 Å². The molecule has 1 atom stereocenters. The van der Waals surface area contributed by atoms with Gasteiger partial charge in [-0.15, -0.1) is 0 Å². The average molecular weight is 454 g/mol. The van der Waals surface area contributed by atoms with Crippen molar-refractivity contribution in [1.82, 2.24) is 4.90 Å². The first kappa shape index (κ1) is 24.2. The maximum atomic E-state index is 13.1. The summed E-state index contributed by atoms with van der Waals surface area (Å²) in [5, 5.41) is 11.2. The summed E-state index contributed by atoms with van der Waals surface area (Å²) in [7, 11) is 3.06. The molecule has 3 rings (SSSR count). The minimum Gasteiger partial charge on any atom is -0.507 e. The number of amides is 1. The van der Waals surface area contributed by atoms with Crippen molar-refractivity contribution in [2.24, 2.45) is 5.92 Å². The van der Waals surface area contributed by atoms with Crippen LogP contribution in [0, 0.1) is 5.92 Å². The van der Waals surface area contributed by atoms with E-state index in [9.17, 15) is 14.7 Å². The fraction of sp³-hybridized carbons (Fsp3) is 0.385. The van der Waals surface area contributed by atoms with Crippen molar-refractivity contribution in [3.63, 3.8) is 0 Å². The molecule has 1 N–H and O–H groups in total. The minimum absolute atomic E-state index is 0.0432. The molecular formula is C26H31NO6. The van der Waals surface area contributed by atoms with Gasteiger partial charge >= 0.3 is 0 Å². The molecule has 0 saturated carbocycles. The molecule has 0 aliphatic carbocycles. The summed E-state index contributed by atoms with van der Waals surface area (Å²) >= 11 is 0. The molecule has 1 aliphatic rings. The topological polar surface area (TPSA) is 85.3 Å². The Bertz CT molecular complexity index is 1060. The van der Waals surface area contributed by atoms with Gasteiger partial charge < -0.3 is 24.2 Å². The van der Waals surface area contributed by atoms with Gasteiger partial charge in [0.15, 0.2) is 11.5 Å². The van der Waals surface area contributed by atoms with Gasteiger partial charge in [0.2, 0.25) is 0 Å². The highest BCUT2D eigenvalue weighted by Crippen LogP contribution is 2.42. The number of hydrogen-bond acceptors (Lipinski definition) is 6. The van der Waals surface area contributed by atoms with Crippen molar-refractivity contribution in [1.29, 1.82) is 0 Å². The van der Waals surface area contributed by atoms with Gasteiger partial charge in [-0.1, -0.05) is 39.0 Å². The molecule has 1 amide bonds. The quantitative estimate of drug-likeness (QED) is 0.340. The number of rotatable bonds is 9. The van der Waals surface area contributed by atoms with E-state index in [1.807, 2.05) is 20.8 Å². The molecule has 2 aromatic carbocycles.